The van der Waals surface area contributed by atoms with Crippen molar-refractivity contribution < 1.29 is 17.3 Å². The molecule has 0 aliphatic rings. The second-order valence-corrected chi connectivity index (χ2v) is 7.22. The quantitative estimate of drug-likeness (QED) is 0.738. The normalized spacial score (nSPS) is 11.4. The fraction of sp³-hybridized carbons (Fsp3) is 0.0625. The molecule has 24 heavy (non-hydrogen) atoms. The summed E-state index contributed by atoms with van der Waals surface area (Å²) in [6.07, 6.45) is 1.42. The van der Waals surface area contributed by atoms with Gasteiger partial charge >= 0.3 is 0 Å². The molecule has 124 valence electrons. The van der Waals surface area contributed by atoms with Gasteiger partial charge in [-0.15, -0.1) is 0 Å². The Balaban J connectivity index is 1.82. The van der Waals surface area contributed by atoms with Crippen molar-refractivity contribution in [1.82, 2.24) is 5.16 Å². The predicted octanol–water partition coefficient (Wildman–Crippen LogP) is 4.08. The third-order valence-corrected chi connectivity index (χ3v) is 4.71. The first-order valence-corrected chi connectivity index (χ1v) is 8.91. The maximum Gasteiger partial charge on any atom is 0.245 e. The number of sulfonamides is 1. The number of nitrogens with one attached hydrogen (secondary N) is 1. The summed E-state index contributed by atoms with van der Waals surface area (Å²) in [5.41, 5.74) is 1.66. The number of halogens is 2. The number of hydrogen-bond acceptors (Lipinski definition) is 4. The van der Waals surface area contributed by atoms with E-state index in [2.05, 4.69) is 9.88 Å². The molecule has 1 N–H and O–H groups in total. The SMILES string of the molecule is O=S(=O)(Cc1ccc(F)cc1)Nc1oncc1-c1ccc(Cl)cc1. The molecule has 0 aliphatic carbocycles. The minimum atomic E-state index is -3.74. The van der Waals surface area contributed by atoms with Crippen molar-refractivity contribution in [3.63, 3.8) is 0 Å². The van der Waals surface area contributed by atoms with Gasteiger partial charge in [0.05, 0.1) is 17.5 Å². The lowest BCUT2D eigenvalue weighted by atomic mass is 10.1. The molecule has 0 saturated heterocycles. The van der Waals surface area contributed by atoms with E-state index >= 15 is 0 Å². The van der Waals surface area contributed by atoms with Crippen LogP contribution in [0.3, 0.4) is 0 Å². The molecule has 0 bridgehead atoms. The number of anilines is 1. The Hall–Kier alpha value is -2.38. The second kappa shape index (κ2) is 6.62. The summed E-state index contributed by atoms with van der Waals surface area (Å²) >= 11 is 5.84. The summed E-state index contributed by atoms with van der Waals surface area (Å²) in [5, 5.41) is 4.20. The van der Waals surface area contributed by atoms with Gasteiger partial charge in [-0.2, -0.15) is 0 Å². The van der Waals surface area contributed by atoms with Gasteiger partial charge in [-0.3, -0.25) is 4.72 Å². The van der Waals surface area contributed by atoms with Gasteiger partial charge in [-0.25, -0.2) is 12.8 Å². The minimum Gasteiger partial charge on any atom is -0.337 e. The Morgan fingerprint density at radius 3 is 2.42 bits per heavy atom. The molecule has 0 saturated carbocycles. The molecule has 1 aromatic heterocycles. The Bertz CT molecular complexity index is 938. The zero-order chi connectivity index (χ0) is 17.2. The van der Waals surface area contributed by atoms with E-state index in [-0.39, 0.29) is 11.6 Å². The van der Waals surface area contributed by atoms with Crippen LogP contribution in [-0.4, -0.2) is 13.6 Å². The molecule has 5 nitrogen and oxygen atoms in total. The Morgan fingerprint density at radius 1 is 1.08 bits per heavy atom. The zero-order valence-corrected chi connectivity index (χ0v) is 13.8. The van der Waals surface area contributed by atoms with Crippen molar-refractivity contribution in [2.45, 2.75) is 5.75 Å². The lowest BCUT2D eigenvalue weighted by Crippen LogP contribution is -2.15. The molecule has 0 spiro atoms. The smallest absolute Gasteiger partial charge is 0.245 e. The maximum absolute atomic E-state index is 12.9. The summed E-state index contributed by atoms with van der Waals surface area (Å²) in [5.74, 6) is -0.725. The van der Waals surface area contributed by atoms with Crippen molar-refractivity contribution >= 4 is 27.5 Å². The molecular formula is C16H12ClFN2O3S. The van der Waals surface area contributed by atoms with E-state index in [9.17, 15) is 12.8 Å². The van der Waals surface area contributed by atoms with Crippen molar-refractivity contribution in [3.05, 3.63) is 71.1 Å². The highest BCUT2D eigenvalue weighted by atomic mass is 35.5. The topological polar surface area (TPSA) is 72.2 Å². The minimum absolute atomic E-state index is 0.0134. The van der Waals surface area contributed by atoms with E-state index in [1.165, 1.54) is 30.5 Å². The summed E-state index contributed by atoms with van der Waals surface area (Å²) < 4.78 is 44.8. The number of benzene rings is 2. The summed E-state index contributed by atoms with van der Waals surface area (Å²) in [7, 11) is -3.74. The van der Waals surface area contributed by atoms with Crippen molar-refractivity contribution in [3.8, 4) is 11.1 Å². The van der Waals surface area contributed by atoms with E-state index < -0.39 is 15.8 Å². The largest absolute Gasteiger partial charge is 0.337 e. The molecule has 1 heterocycles. The van der Waals surface area contributed by atoms with Crippen LogP contribution in [0.1, 0.15) is 5.56 Å². The Labute approximate surface area is 143 Å². The van der Waals surface area contributed by atoms with Gasteiger partial charge in [-0.1, -0.05) is 41.0 Å². The number of aromatic nitrogens is 1. The van der Waals surface area contributed by atoms with E-state index in [0.29, 0.717) is 21.7 Å². The van der Waals surface area contributed by atoms with Crippen LogP contribution in [0.4, 0.5) is 10.3 Å². The van der Waals surface area contributed by atoms with Crippen LogP contribution in [0.25, 0.3) is 11.1 Å². The van der Waals surface area contributed by atoms with Gasteiger partial charge < -0.3 is 4.52 Å². The highest BCUT2D eigenvalue weighted by Crippen LogP contribution is 2.29. The molecular weight excluding hydrogens is 355 g/mol. The molecule has 0 aliphatic heterocycles. The van der Waals surface area contributed by atoms with E-state index in [4.69, 9.17) is 16.1 Å². The monoisotopic (exact) mass is 366 g/mol. The third kappa shape index (κ3) is 3.93. The van der Waals surface area contributed by atoms with Crippen molar-refractivity contribution in [1.29, 1.82) is 0 Å². The molecule has 2 aromatic carbocycles. The molecule has 3 aromatic rings. The molecule has 0 fully saturated rings. The maximum atomic E-state index is 12.9. The standard InChI is InChI=1S/C16H12ClFN2O3S/c17-13-5-3-12(4-6-13)15-9-19-23-16(15)20-24(21,22)10-11-1-7-14(18)8-2-11/h1-9,20H,10H2. The van der Waals surface area contributed by atoms with Crippen LogP contribution in [0.5, 0.6) is 0 Å². The second-order valence-electron chi connectivity index (χ2n) is 5.06. The number of rotatable bonds is 5. The van der Waals surface area contributed by atoms with E-state index in [1.54, 1.807) is 24.3 Å². The lowest BCUT2D eigenvalue weighted by Gasteiger charge is -2.07. The molecule has 0 amide bonds. The van der Waals surface area contributed by atoms with Crippen LogP contribution in [-0.2, 0) is 15.8 Å². The fourth-order valence-electron chi connectivity index (χ4n) is 2.13. The van der Waals surface area contributed by atoms with E-state index in [1.807, 2.05) is 0 Å². The number of hydrogen-bond donors (Lipinski definition) is 1. The van der Waals surface area contributed by atoms with Crippen LogP contribution < -0.4 is 4.72 Å². The molecule has 0 radical (unpaired) electrons. The fourth-order valence-corrected chi connectivity index (χ4v) is 3.38. The highest BCUT2D eigenvalue weighted by molar-refractivity contribution is 7.91. The lowest BCUT2D eigenvalue weighted by molar-refractivity contribution is 0.435. The van der Waals surface area contributed by atoms with Crippen LogP contribution in [0, 0.1) is 5.82 Å². The van der Waals surface area contributed by atoms with Crippen molar-refractivity contribution in [2.75, 3.05) is 4.72 Å². The molecule has 0 unspecified atom stereocenters. The summed E-state index contributed by atoms with van der Waals surface area (Å²) in [6, 6.07) is 12.1. The average molecular weight is 367 g/mol. The third-order valence-electron chi connectivity index (χ3n) is 3.24. The predicted molar refractivity (Wildman–Crippen MR) is 89.6 cm³/mol. The first-order chi connectivity index (χ1) is 11.4. The molecule has 0 atom stereocenters. The van der Waals surface area contributed by atoms with Crippen molar-refractivity contribution in [2.24, 2.45) is 0 Å². The van der Waals surface area contributed by atoms with Crippen LogP contribution in [0.2, 0.25) is 5.02 Å². The van der Waals surface area contributed by atoms with E-state index in [0.717, 1.165) is 0 Å². The van der Waals surface area contributed by atoms with Gasteiger partial charge in [0, 0.05) is 5.02 Å². The summed E-state index contributed by atoms with van der Waals surface area (Å²) in [6.45, 7) is 0. The Kier molecular flexibility index (Phi) is 4.55. The molecule has 8 heteroatoms. The zero-order valence-electron chi connectivity index (χ0n) is 12.2. The van der Waals surface area contributed by atoms with Gasteiger partial charge in [-0.05, 0) is 35.4 Å². The summed E-state index contributed by atoms with van der Waals surface area (Å²) in [4.78, 5) is 0. The van der Waals surface area contributed by atoms with Gasteiger partial charge in [0.25, 0.3) is 0 Å². The van der Waals surface area contributed by atoms with Gasteiger partial charge in [0.2, 0.25) is 15.9 Å². The van der Waals surface area contributed by atoms with Gasteiger partial charge in [0.1, 0.15) is 5.82 Å². The first kappa shape index (κ1) is 16.5. The van der Waals surface area contributed by atoms with Crippen LogP contribution in [0.15, 0.2) is 59.3 Å². The number of nitrogens with zero attached hydrogens (tertiary/aromatic N) is 1. The van der Waals surface area contributed by atoms with Gasteiger partial charge in [0.15, 0.2) is 0 Å². The van der Waals surface area contributed by atoms with Crippen LogP contribution >= 0.6 is 11.6 Å². The highest BCUT2D eigenvalue weighted by Gasteiger charge is 2.18. The molecule has 3 rings (SSSR count). The first-order valence-electron chi connectivity index (χ1n) is 6.88. The average Bonchev–Trinajstić information content (AvgIpc) is 2.97. The Morgan fingerprint density at radius 2 is 1.75 bits per heavy atom.